The third-order valence-electron chi connectivity index (χ3n) is 5.85. The summed E-state index contributed by atoms with van der Waals surface area (Å²) in [6, 6.07) is 7.51. The van der Waals surface area contributed by atoms with E-state index >= 15 is 0 Å². The number of aliphatic hydroxyl groups is 2. The Balaban J connectivity index is 1.55. The number of rotatable bonds is 7. The molecule has 13 nitrogen and oxygen atoms in total. The van der Waals surface area contributed by atoms with Crippen molar-refractivity contribution in [1.82, 2.24) is 24.2 Å². The Kier molecular flexibility index (Phi) is 6.37. The molecule has 1 fully saturated rings. The van der Waals surface area contributed by atoms with Gasteiger partial charge in [0.15, 0.2) is 6.23 Å². The number of aliphatic hydroxyl groups excluding tert-OH is 2. The van der Waals surface area contributed by atoms with Crippen molar-refractivity contribution in [2.24, 2.45) is 5.14 Å². The summed E-state index contributed by atoms with van der Waals surface area (Å²) in [5.41, 5.74) is 8.56. The lowest BCUT2D eigenvalue weighted by Crippen LogP contribution is -2.42. The highest BCUT2D eigenvalue weighted by Gasteiger charge is 2.44. The molecular weight excluding hydrogens is 510 g/mol. The first-order valence-corrected chi connectivity index (χ1v) is 13.1. The van der Waals surface area contributed by atoms with Crippen LogP contribution in [-0.2, 0) is 14.9 Å². The lowest BCUT2D eigenvalue weighted by Gasteiger charge is -2.17. The number of ether oxygens (including phenoxy) is 2. The van der Waals surface area contributed by atoms with Crippen molar-refractivity contribution in [3.05, 3.63) is 42.2 Å². The fourth-order valence-corrected chi connectivity index (χ4v) is 5.41. The molecule has 0 unspecified atom stereocenters. The van der Waals surface area contributed by atoms with E-state index in [9.17, 15) is 18.6 Å². The van der Waals surface area contributed by atoms with Crippen molar-refractivity contribution in [1.29, 1.82) is 0 Å². The Morgan fingerprint density at radius 3 is 2.75 bits per heavy atom. The first-order chi connectivity index (χ1) is 17.2. The molecule has 0 amide bonds. The number of anilines is 1. The number of hydrogen-bond acceptors (Lipinski definition) is 11. The molecule has 4 aromatic rings. The molecule has 1 aliphatic heterocycles. The highest BCUT2D eigenvalue weighted by Crippen LogP contribution is 2.40. The van der Waals surface area contributed by atoms with Crippen molar-refractivity contribution < 1.29 is 28.1 Å². The number of thiazole rings is 1. The van der Waals surface area contributed by atoms with E-state index in [1.165, 1.54) is 22.2 Å². The molecule has 15 heteroatoms. The first-order valence-electron chi connectivity index (χ1n) is 10.7. The van der Waals surface area contributed by atoms with Crippen molar-refractivity contribution >= 4 is 38.4 Å². The van der Waals surface area contributed by atoms with Crippen LogP contribution in [0.5, 0.6) is 5.75 Å². The van der Waals surface area contributed by atoms with E-state index in [1.54, 1.807) is 13.3 Å². The molecule has 0 saturated carbocycles. The number of nitrogens with two attached hydrogens (primary N) is 2. The Morgan fingerprint density at radius 1 is 1.22 bits per heavy atom. The Labute approximate surface area is 209 Å². The lowest BCUT2D eigenvalue weighted by molar-refractivity contribution is -0.0326. The summed E-state index contributed by atoms with van der Waals surface area (Å²) in [6.45, 7) is -0.328. The highest BCUT2D eigenvalue weighted by molar-refractivity contribution is 7.87. The average molecular weight is 534 g/mol. The van der Waals surface area contributed by atoms with Crippen LogP contribution in [0.25, 0.3) is 32.9 Å². The largest absolute Gasteiger partial charge is 0.496 e. The number of para-hydroxylation sites is 1. The maximum absolute atomic E-state index is 11.3. The fraction of sp³-hybridized carbons (Fsp3) is 0.286. The van der Waals surface area contributed by atoms with Crippen LogP contribution in [0.15, 0.2) is 42.2 Å². The minimum atomic E-state index is -4.02. The smallest absolute Gasteiger partial charge is 0.274 e. The number of aromatic nitrogens is 4. The van der Waals surface area contributed by atoms with Crippen LogP contribution in [0.1, 0.15) is 6.23 Å². The van der Waals surface area contributed by atoms with Gasteiger partial charge in [-0.15, -0.1) is 11.3 Å². The summed E-state index contributed by atoms with van der Waals surface area (Å²) in [5, 5.41) is 29.2. The van der Waals surface area contributed by atoms with E-state index in [1.807, 2.05) is 29.6 Å². The minimum absolute atomic E-state index is 0.195. The van der Waals surface area contributed by atoms with Gasteiger partial charge < -0.3 is 30.0 Å². The van der Waals surface area contributed by atoms with Crippen LogP contribution in [0.3, 0.4) is 0 Å². The van der Waals surface area contributed by atoms with E-state index in [0.29, 0.717) is 28.0 Å². The van der Waals surface area contributed by atoms with E-state index in [4.69, 9.17) is 25.3 Å². The molecule has 7 N–H and O–H groups in total. The van der Waals surface area contributed by atoms with Crippen LogP contribution in [0, 0.1) is 0 Å². The van der Waals surface area contributed by atoms with Gasteiger partial charge in [-0.3, -0.25) is 0 Å². The summed E-state index contributed by atoms with van der Waals surface area (Å²) in [5.74, 6) is 0.875. The Morgan fingerprint density at radius 2 is 2.00 bits per heavy atom. The minimum Gasteiger partial charge on any atom is -0.496 e. The maximum Gasteiger partial charge on any atom is 0.274 e. The van der Waals surface area contributed by atoms with Crippen molar-refractivity contribution in [2.45, 2.75) is 24.5 Å². The number of nitrogens with zero attached hydrogens (tertiary/aromatic N) is 4. The van der Waals surface area contributed by atoms with Gasteiger partial charge in [0.05, 0.1) is 23.8 Å². The normalized spacial score (nSPS) is 22.3. The molecule has 4 atom stereocenters. The molecule has 3 aromatic heterocycles. The predicted octanol–water partition coefficient (Wildman–Crippen LogP) is 0.225. The van der Waals surface area contributed by atoms with Gasteiger partial charge in [-0.2, -0.15) is 13.1 Å². The van der Waals surface area contributed by atoms with Gasteiger partial charge in [0.2, 0.25) is 0 Å². The molecule has 5 rings (SSSR count). The predicted molar refractivity (Wildman–Crippen MR) is 132 cm³/mol. The summed E-state index contributed by atoms with van der Waals surface area (Å²) >= 11 is 1.41. The number of hydrogen-bond donors (Lipinski definition) is 5. The van der Waals surface area contributed by atoms with E-state index in [2.05, 4.69) is 14.7 Å². The zero-order valence-electron chi connectivity index (χ0n) is 18.8. The third-order valence-corrected chi connectivity index (χ3v) is 7.30. The molecule has 0 bridgehead atoms. The molecular formula is C21H23N7O6S2. The van der Waals surface area contributed by atoms with Crippen molar-refractivity contribution in [3.63, 3.8) is 0 Å². The number of methoxy groups -OCH3 is 1. The van der Waals surface area contributed by atoms with E-state index < -0.39 is 34.7 Å². The molecule has 0 radical (unpaired) electrons. The van der Waals surface area contributed by atoms with Crippen LogP contribution in [0.4, 0.5) is 5.82 Å². The van der Waals surface area contributed by atoms with Crippen molar-refractivity contribution in [3.8, 4) is 27.6 Å². The fourth-order valence-electron chi connectivity index (χ4n) is 4.16. The second kappa shape index (κ2) is 9.36. The molecule has 1 aromatic carbocycles. The molecule has 4 heterocycles. The standard InChI is InChI=1S/C21H23N7O6S2/c1-33-13-5-3-2-4-10(13)20-27-12(8-35-20)11-7-28(19-15(11)18(22)24-9-25-19)21-17(30)16(29)14(34-21)6-26-36(23,31)32/h2-5,7-9,14,16-17,21,26,29-30H,6H2,1H3,(H2,22,24,25)(H2,23,31,32)/t14-,16-,17-,21-/m1/s1. The zero-order chi connectivity index (χ0) is 25.6. The summed E-state index contributed by atoms with van der Waals surface area (Å²) in [4.78, 5) is 13.2. The van der Waals surface area contributed by atoms with Crippen LogP contribution in [0.2, 0.25) is 0 Å². The number of fused-ring (bicyclic) bond motifs is 1. The maximum atomic E-state index is 11.3. The van der Waals surface area contributed by atoms with Gasteiger partial charge in [-0.05, 0) is 12.1 Å². The van der Waals surface area contributed by atoms with E-state index in [0.717, 1.165) is 10.6 Å². The molecule has 0 aliphatic carbocycles. The summed E-state index contributed by atoms with van der Waals surface area (Å²) in [6.07, 6.45) is -1.99. The molecule has 36 heavy (non-hydrogen) atoms. The van der Waals surface area contributed by atoms with Crippen molar-refractivity contribution in [2.75, 3.05) is 19.4 Å². The summed E-state index contributed by atoms with van der Waals surface area (Å²) < 4.78 is 37.4. The molecule has 0 spiro atoms. The van der Waals surface area contributed by atoms with Crippen LogP contribution >= 0.6 is 11.3 Å². The Bertz CT molecular complexity index is 1520. The van der Waals surface area contributed by atoms with Gasteiger partial charge in [0, 0.05) is 23.7 Å². The van der Waals surface area contributed by atoms with Gasteiger partial charge in [0.25, 0.3) is 10.2 Å². The monoisotopic (exact) mass is 533 g/mol. The highest BCUT2D eigenvalue weighted by atomic mass is 32.2. The van der Waals surface area contributed by atoms with Gasteiger partial charge in [0.1, 0.15) is 46.9 Å². The topological polar surface area (TPSA) is 201 Å². The lowest BCUT2D eigenvalue weighted by atomic mass is 10.1. The second-order valence-electron chi connectivity index (χ2n) is 8.09. The van der Waals surface area contributed by atoms with Gasteiger partial charge >= 0.3 is 0 Å². The quantitative estimate of drug-likeness (QED) is 0.219. The molecule has 1 saturated heterocycles. The number of nitrogen functional groups attached to an aromatic ring is 1. The van der Waals surface area contributed by atoms with Crippen LogP contribution < -0.4 is 20.3 Å². The average Bonchev–Trinajstić information content (AvgIpc) is 3.55. The number of nitrogens with one attached hydrogen (secondary N) is 1. The van der Waals surface area contributed by atoms with Crippen LogP contribution in [-0.4, -0.2) is 70.1 Å². The third kappa shape index (κ3) is 4.41. The van der Waals surface area contributed by atoms with Gasteiger partial charge in [-0.25, -0.2) is 20.1 Å². The van der Waals surface area contributed by atoms with E-state index in [-0.39, 0.29) is 12.4 Å². The second-order valence-corrected chi connectivity index (χ2v) is 10.3. The SMILES string of the molecule is COc1ccccc1-c1nc(-c2cn([C@@H]3O[C@H](CNS(N)(=O)=O)[C@@H](O)[C@H]3O)c3ncnc(N)c23)cs1. The molecule has 190 valence electrons. The van der Waals surface area contributed by atoms with Gasteiger partial charge in [-0.1, -0.05) is 12.1 Å². The Hall–Kier alpha value is -3.18. The first kappa shape index (κ1) is 24.5. The summed E-state index contributed by atoms with van der Waals surface area (Å²) in [7, 11) is -2.43. The molecule has 1 aliphatic rings. The zero-order valence-corrected chi connectivity index (χ0v) is 20.5. The number of benzene rings is 1.